The number of esters is 1. The Morgan fingerprint density at radius 2 is 1.95 bits per heavy atom. The van der Waals surface area contributed by atoms with Crippen LogP contribution in [-0.2, 0) is 29.0 Å². The number of nitrogens with zero attached hydrogens (tertiary/aromatic N) is 5. The van der Waals surface area contributed by atoms with Gasteiger partial charge in [0.2, 0.25) is 0 Å². The van der Waals surface area contributed by atoms with Crippen molar-refractivity contribution in [2.24, 2.45) is 11.8 Å². The first-order valence-corrected chi connectivity index (χ1v) is 16.2. The topological polar surface area (TPSA) is 117 Å². The number of nitrogens with one attached hydrogen (secondary N) is 1. The van der Waals surface area contributed by atoms with Crippen LogP contribution in [0.15, 0.2) is 48.7 Å². The van der Waals surface area contributed by atoms with Gasteiger partial charge in [0.05, 0.1) is 18.5 Å². The molecule has 10 nitrogen and oxygen atoms in total. The van der Waals surface area contributed by atoms with Gasteiger partial charge >= 0.3 is 5.97 Å². The fourth-order valence-corrected chi connectivity index (χ4v) is 6.20. The normalized spacial score (nSPS) is 15.3. The van der Waals surface area contributed by atoms with Crippen LogP contribution in [0.3, 0.4) is 0 Å². The summed E-state index contributed by atoms with van der Waals surface area (Å²) in [6, 6.07) is 13.3. The Morgan fingerprint density at radius 3 is 2.63 bits per heavy atom. The lowest BCUT2D eigenvalue weighted by Crippen LogP contribution is -2.40. The number of ether oxygens (including phenoxy) is 1. The second kappa shape index (κ2) is 14.0. The molecular formula is C31H39ClN6O4S. The first kappa shape index (κ1) is 31.2. The molecule has 12 heteroatoms. The fourth-order valence-electron chi connectivity index (χ4n) is 5.48. The molecule has 0 spiro atoms. The van der Waals surface area contributed by atoms with Gasteiger partial charge in [-0.1, -0.05) is 49.7 Å². The summed E-state index contributed by atoms with van der Waals surface area (Å²) in [6.07, 6.45) is 4.78. The molecule has 0 bridgehead atoms. The van der Waals surface area contributed by atoms with Crippen LogP contribution in [0.5, 0.6) is 0 Å². The van der Waals surface area contributed by atoms with Crippen molar-refractivity contribution >= 4 is 45.4 Å². The molecule has 1 unspecified atom stereocenters. The van der Waals surface area contributed by atoms with Gasteiger partial charge in [0.15, 0.2) is 0 Å². The Hall–Kier alpha value is -3.25. The largest absolute Gasteiger partial charge is 0.461 e. The molecule has 2 aromatic heterocycles. The number of anilines is 1. The molecule has 4 aromatic rings. The Balaban J connectivity index is 1.21. The van der Waals surface area contributed by atoms with Gasteiger partial charge in [-0.25, -0.2) is 9.00 Å². The molecule has 1 aliphatic heterocycles. The maximum absolute atomic E-state index is 13.0. The number of halogens is 1. The standard InChI is InChI=1S/C31H39ClN6O4S/c1-4-22-5-8-25(9-6-22)38(43(40)41)16-15-36-13-11-23(12-14-36)18-37-19-28(34-35-37)29-26-17-24(32)7-10-27(26)33-30(29)31(39)42-20-21(2)3/h5-10,17,19,21,23,33H,4,11-16,18,20H2,1-3H3,(H,40,41). The Morgan fingerprint density at radius 1 is 1.21 bits per heavy atom. The number of carbonyl (C=O) groups excluding carboxylic acids is 1. The van der Waals surface area contributed by atoms with E-state index in [4.69, 9.17) is 16.3 Å². The molecule has 0 saturated carbocycles. The van der Waals surface area contributed by atoms with Gasteiger partial charge in [-0.05, 0) is 80.1 Å². The fraction of sp³-hybridized carbons (Fsp3) is 0.452. The van der Waals surface area contributed by atoms with Gasteiger partial charge in [-0.3, -0.25) is 13.5 Å². The SMILES string of the molecule is CCc1ccc(N(CCN2CCC(Cn3cc(-c4c(C(=O)OCC(C)C)[nH]c5ccc(Cl)cc45)nn3)CC2)S(=O)O)cc1. The van der Waals surface area contributed by atoms with E-state index in [1.54, 1.807) is 6.07 Å². The quantitative estimate of drug-likeness (QED) is 0.151. The van der Waals surface area contributed by atoms with Crippen LogP contribution >= 0.6 is 11.6 Å². The van der Waals surface area contributed by atoms with Crippen LogP contribution in [0, 0.1) is 11.8 Å². The lowest BCUT2D eigenvalue weighted by Gasteiger charge is -2.33. The molecule has 230 valence electrons. The number of aromatic amines is 1. The minimum atomic E-state index is -2.08. The molecule has 1 fully saturated rings. The Bertz CT molecular complexity index is 1560. The molecule has 1 saturated heterocycles. The maximum atomic E-state index is 13.0. The van der Waals surface area contributed by atoms with Crippen molar-refractivity contribution < 1.29 is 18.3 Å². The van der Waals surface area contributed by atoms with E-state index in [1.165, 1.54) is 9.87 Å². The number of likely N-dealkylation sites (tertiary alicyclic amines) is 1. The van der Waals surface area contributed by atoms with Crippen molar-refractivity contribution in [2.75, 3.05) is 37.1 Å². The summed E-state index contributed by atoms with van der Waals surface area (Å²) in [6.45, 7) is 10.1. The Kier molecular flexibility index (Phi) is 10.2. The number of aryl methyl sites for hydroxylation is 1. The summed E-state index contributed by atoms with van der Waals surface area (Å²) >= 11 is 4.23. The van der Waals surface area contributed by atoms with Crippen LogP contribution < -0.4 is 4.31 Å². The number of carbonyl (C=O) groups is 1. The predicted octanol–water partition coefficient (Wildman–Crippen LogP) is 5.81. The first-order valence-electron chi connectivity index (χ1n) is 14.8. The van der Waals surface area contributed by atoms with Gasteiger partial charge in [0, 0.05) is 41.1 Å². The predicted molar refractivity (Wildman–Crippen MR) is 171 cm³/mol. The molecule has 0 radical (unpaired) electrons. The molecule has 5 rings (SSSR count). The van der Waals surface area contributed by atoms with Crippen molar-refractivity contribution in [2.45, 2.75) is 46.6 Å². The van der Waals surface area contributed by atoms with Crippen LogP contribution in [0.1, 0.15) is 49.7 Å². The molecule has 0 aliphatic carbocycles. The van der Waals surface area contributed by atoms with Gasteiger partial charge in [-0.15, -0.1) is 5.10 Å². The molecule has 1 aliphatic rings. The van der Waals surface area contributed by atoms with Gasteiger partial charge in [0.1, 0.15) is 11.4 Å². The summed E-state index contributed by atoms with van der Waals surface area (Å²) in [5.41, 5.74) is 4.30. The third kappa shape index (κ3) is 7.64. The number of aromatic nitrogens is 4. The second-order valence-electron chi connectivity index (χ2n) is 11.5. The molecule has 2 N–H and O–H groups in total. The van der Waals surface area contributed by atoms with Crippen LogP contribution in [0.25, 0.3) is 22.2 Å². The summed E-state index contributed by atoms with van der Waals surface area (Å²) in [4.78, 5) is 18.6. The summed E-state index contributed by atoms with van der Waals surface area (Å²) < 4.78 is 30.9. The van der Waals surface area contributed by atoms with Gasteiger partial charge in [-0.2, -0.15) is 0 Å². The number of piperidine rings is 1. The lowest BCUT2D eigenvalue weighted by atomic mass is 9.97. The number of benzene rings is 2. The summed E-state index contributed by atoms with van der Waals surface area (Å²) in [5, 5.41) is 10.2. The van der Waals surface area contributed by atoms with E-state index >= 15 is 0 Å². The smallest absolute Gasteiger partial charge is 0.355 e. The van der Waals surface area contributed by atoms with Crippen molar-refractivity contribution in [1.82, 2.24) is 24.9 Å². The average molecular weight is 627 g/mol. The van der Waals surface area contributed by atoms with Crippen LogP contribution in [-0.4, -0.2) is 72.4 Å². The van der Waals surface area contributed by atoms with Gasteiger partial charge in [0.25, 0.3) is 11.3 Å². The molecule has 3 heterocycles. The third-order valence-corrected chi connectivity index (χ3v) is 8.91. The minimum Gasteiger partial charge on any atom is -0.461 e. The van der Waals surface area contributed by atoms with E-state index in [0.29, 0.717) is 54.1 Å². The number of hydrogen-bond acceptors (Lipinski definition) is 6. The van der Waals surface area contributed by atoms with Crippen LogP contribution in [0.2, 0.25) is 5.02 Å². The first-order chi connectivity index (χ1) is 20.7. The zero-order valence-corrected chi connectivity index (χ0v) is 26.4. The van der Waals surface area contributed by atoms with Crippen molar-refractivity contribution in [3.05, 3.63) is 64.9 Å². The van der Waals surface area contributed by atoms with E-state index < -0.39 is 17.2 Å². The van der Waals surface area contributed by atoms with Gasteiger partial charge < -0.3 is 14.6 Å². The van der Waals surface area contributed by atoms with E-state index in [2.05, 4.69) is 27.1 Å². The molecule has 2 aromatic carbocycles. The number of H-pyrrole nitrogens is 1. The summed E-state index contributed by atoms with van der Waals surface area (Å²) in [7, 11) is 0. The highest BCUT2D eigenvalue weighted by molar-refractivity contribution is 7.80. The van der Waals surface area contributed by atoms with Crippen molar-refractivity contribution in [3.8, 4) is 11.3 Å². The van der Waals surface area contributed by atoms with E-state index in [9.17, 15) is 13.6 Å². The monoisotopic (exact) mass is 626 g/mol. The Labute approximate surface area is 259 Å². The highest BCUT2D eigenvalue weighted by Gasteiger charge is 2.25. The summed E-state index contributed by atoms with van der Waals surface area (Å²) in [5.74, 6) is 0.205. The van der Waals surface area contributed by atoms with E-state index in [0.717, 1.165) is 48.9 Å². The highest BCUT2D eigenvalue weighted by atomic mass is 35.5. The lowest BCUT2D eigenvalue weighted by molar-refractivity contribution is 0.0454. The average Bonchev–Trinajstić information content (AvgIpc) is 3.61. The number of hydrogen-bond donors (Lipinski definition) is 2. The number of fused-ring (bicyclic) bond motifs is 1. The van der Waals surface area contributed by atoms with E-state index in [-0.39, 0.29) is 5.92 Å². The zero-order valence-electron chi connectivity index (χ0n) is 24.8. The second-order valence-corrected chi connectivity index (χ2v) is 12.9. The minimum absolute atomic E-state index is 0.217. The zero-order chi connectivity index (χ0) is 30.5. The maximum Gasteiger partial charge on any atom is 0.355 e. The number of rotatable bonds is 12. The molecular weight excluding hydrogens is 588 g/mol. The molecule has 1 atom stereocenters. The highest BCUT2D eigenvalue weighted by Crippen LogP contribution is 2.34. The van der Waals surface area contributed by atoms with Crippen molar-refractivity contribution in [3.63, 3.8) is 0 Å². The molecule has 0 amide bonds. The molecule has 43 heavy (non-hydrogen) atoms. The van der Waals surface area contributed by atoms with E-state index in [1.807, 2.05) is 61.1 Å². The van der Waals surface area contributed by atoms with Crippen LogP contribution in [0.4, 0.5) is 5.69 Å². The third-order valence-electron chi connectivity index (χ3n) is 7.90. The van der Waals surface area contributed by atoms with Crippen molar-refractivity contribution in [1.29, 1.82) is 0 Å².